The Morgan fingerprint density at radius 2 is 2.00 bits per heavy atom. The van der Waals surface area contributed by atoms with Crippen molar-refractivity contribution < 1.29 is 18.0 Å². The fourth-order valence-electron chi connectivity index (χ4n) is 1.38. The Bertz CT molecular complexity index is 649. The molecule has 0 aliphatic carbocycles. The van der Waals surface area contributed by atoms with Gasteiger partial charge in [-0.1, -0.05) is 11.6 Å². The summed E-state index contributed by atoms with van der Waals surface area (Å²) in [6.07, 6.45) is 2.52. The van der Waals surface area contributed by atoms with Crippen LogP contribution >= 0.6 is 11.6 Å². The van der Waals surface area contributed by atoms with Gasteiger partial charge >= 0.3 is 0 Å². The van der Waals surface area contributed by atoms with Crippen LogP contribution in [0.4, 0.5) is 18.9 Å². The zero-order valence-corrected chi connectivity index (χ0v) is 10.0. The van der Waals surface area contributed by atoms with Crippen molar-refractivity contribution in [2.75, 3.05) is 5.32 Å². The zero-order valence-electron chi connectivity index (χ0n) is 9.25. The van der Waals surface area contributed by atoms with Crippen molar-refractivity contribution in [1.82, 2.24) is 4.98 Å². The molecule has 0 saturated heterocycles. The maximum Gasteiger partial charge on any atom is 0.258 e. The van der Waals surface area contributed by atoms with Gasteiger partial charge in [-0.2, -0.15) is 0 Å². The minimum absolute atomic E-state index is 0.0340. The van der Waals surface area contributed by atoms with Crippen LogP contribution in [-0.4, -0.2) is 10.9 Å². The van der Waals surface area contributed by atoms with E-state index in [4.69, 9.17) is 11.6 Å². The molecule has 0 unspecified atom stereocenters. The summed E-state index contributed by atoms with van der Waals surface area (Å²) in [4.78, 5) is 15.4. The highest BCUT2D eigenvalue weighted by molar-refractivity contribution is 6.34. The zero-order chi connectivity index (χ0) is 14.0. The van der Waals surface area contributed by atoms with Crippen molar-refractivity contribution in [2.24, 2.45) is 0 Å². The summed E-state index contributed by atoms with van der Waals surface area (Å²) >= 11 is 5.74. The summed E-state index contributed by atoms with van der Waals surface area (Å²) in [5.74, 6) is -4.57. The van der Waals surface area contributed by atoms with Gasteiger partial charge in [0.2, 0.25) is 0 Å². The quantitative estimate of drug-likeness (QED) is 0.860. The number of nitrogens with one attached hydrogen (secondary N) is 1. The number of pyridine rings is 1. The highest BCUT2D eigenvalue weighted by Crippen LogP contribution is 2.21. The number of nitrogens with zero attached hydrogens (tertiary/aromatic N) is 1. The summed E-state index contributed by atoms with van der Waals surface area (Å²) in [6.45, 7) is 0. The summed E-state index contributed by atoms with van der Waals surface area (Å²) in [5, 5.41) is 2.12. The van der Waals surface area contributed by atoms with Crippen molar-refractivity contribution >= 4 is 23.2 Å². The second-order valence-corrected chi connectivity index (χ2v) is 3.97. The Morgan fingerprint density at radius 1 is 1.26 bits per heavy atom. The Morgan fingerprint density at radius 3 is 2.68 bits per heavy atom. The van der Waals surface area contributed by atoms with Crippen molar-refractivity contribution in [3.8, 4) is 0 Å². The molecule has 0 bridgehead atoms. The lowest BCUT2D eigenvalue weighted by Crippen LogP contribution is -2.14. The Labute approximate surface area is 111 Å². The van der Waals surface area contributed by atoms with E-state index in [-0.39, 0.29) is 10.6 Å². The molecule has 7 heteroatoms. The number of amides is 1. The van der Waals surface area contributed by atoms with Gasteiger partial charge in [0.15, 0.2) is 11.6 Å². The van der Waals surface area contributed by atoms with Gasteiger partial charge in [-0.15, -0.1) is 0 Å². The van der Waals surface area contributed by atoms with Gasteiger partial charge in [0.1, 0.15) is 5.82 Å². The van der Waals surface area contributed by atoms with E-state index in [1.165, 1.54) is 12.3 Å². The molecule has 0 aliphatic rings. The van der Waals surface area contributed by atoms with Gasteiger partial charge in [-0.3, -0.25) is 9.78 Å². The fraction of sp³-hybridized carbons (Fsp3) is 0. The highest BCUT2D eigenvalue weighted by Gasteiger charge is 2.16. The molecule has 0 aliphatic heterocycles. The molecule has 1 aromatic carbocycles. The maximum absolute atomic E-state index is 13.4. The largest absolute Gasteiger partial charge is 0.319 e. The number of hydrogen-bond donors (Lipinski definition) is 1. The van der Waals surface area contributed by atoms with Crippen LogP contribution in [0.3, 0.4) is 0 Å². The van der Waals surface area contributed by atoms with Crippen molar-refractivity contribution in [3.63, 3.8) is 0 Å². The molecule has 0 atom stereocenters. The van der Waals surface area contributed by atoms with Crippen LogP contribution in [0, 0.1) is 17.5 Å². The highest BCUT2D eigenvalue weighted by atomic mass is 35.5. The Balaban J connectivity index is 2.32. The maximum atomic E-state index is 13.4. The molecule has 2 aromatic rings. The lowest BCUT2D eigenvalue weighted by atomic mass is 10.2. The Hall–Kier alpha value is -2.08. The first-order chi connectivity index (χ1) is 8.99. The van der Waals surface area contributed by atoms with Crippen LogP contribution in [0.2, 0.25) is 5.02 Å². The van der Waals surface area contributed by atoms with Gasteiger partial charge in [-0.05, 0) is 6.07 Å². The predicted molar refractivity (Wildman–Crippen MR) is 63.5 cm³/mol. The van der Waals surface area contributed by atoms with Crippen LogP contribution < -0.4 is 5.32 Å². The summed E-state index contributed by atoms with van der Waals surface area (Å²) in [6, 6.07) is 2.40. The predicted octanol–water partition coefficient (Wildman–Crippen LogP) is 3.40. The summed E-state index contributed by atoms with van der Waals surface area (Å²) in [7, 11) is 0. The van der Waals surface area contributed by atoms with Gasteiger partial charge < -0.3 is 5.32 Å². The second kappa shape index (κ2) is 5.27. The number of rotatable bonds is 2. The molecule has 1 N–H and O–H groups in total. The molecule has 2 rings (SSSR count). The van der Waals surface area contributed by atoms with Crippen LogP contribution in [-0.2, 0) is 0 Å². The molecular weight excluding hydrogens is 281 g/mol. The van der Waals surface area contributed by atoms with E-state index in [0.717, 1.165) is 6.20 Å². The minimum Gasteiger partial charge on any atom is -0.319 e. The lowest BCUT2D eigenvalue weighted by Gasteiger charge is -2.08. The number of anilines is 1. The average molecular weight is 287 g/mol. The standard InChI is InChI=1S/C12H6ClF3N2O/c13-8-1-2-17-5-7(8)12(19)18-10-4-6(14)3-9(15)11(10)16/h1-5H,(H,18,19). The molecule has 1 heterocycles. The van der Waals surface area contributed by atoms with Gasteiger partial charge in [0.25, 0.3) is 5.91 Å². The normalized spacial score (nSPS) is 10.3. The third-order valence-electron chi connectivity index (χ3n) is 2.25. The number of benzene rings is 1. The van der Waals surface area contributed by atoms with Crippen molar-refractivity contribution in [2.45, 2.75) is 0 Å². The third kappa shape index (κ3) is 2.85. The van der Waals surface area contributed by atoms with Crippen LogP contribution in [0.25, 0.3) is 0 Å². The van der Waals surface area contributed by atoms with E-state index in [1.807, 2.05) is 5.32 Å². The second-order valence-electron chi connectivity index (χ2n) is 3.56. The SMILES string of the molecule is O=C(Nc1cc(F)cc(F)c1F)c1cnccc1Cl. The molecule has 98 valence electrons. The smallest absolute Gasteiger partial charge is 0.258 e. The molecule has 19 heavy (non-hydrogen) atoms. The molecular formula is C12H6ClF3N2O. The number of carbonyl (C=O) groups is 1. The number of halogens is 4. The topological polar surface area (TPSA) is 42.0 Å². The van der Waals surface area contributed by atoms with Gasteiger partial charge in [0.05, 0.1) is 16.3 Å². The molecule has 0 saturated carbocycles. The Kier molecular flexibility index (Phi) is 3.71. The molecule has 0 fully saturated rings. The van der Waals surface area contributed by atoms with Crippen LogP contribution in [0.5, 0.6) is 0 Å². The van der Waals surface area contributed by atoms with E-state index in [1.54, 1.807) is 0 Å². The first-order valence-electron chi connectivity index (χ1n) is 5.04. The molecule has 1 amide bonds. The third-order valence-corrected chi connectivity index (χ3v) is 2.58. The fourth-order valence-corrected chi connectivity index (χ4v) is 1.57. The van der Waals surface area contributed by atoms with E-state index >= 15 is 0 Å². The first kappa shape index (κ1) is 13.4. The first-order valence-corrected chi connectivity index (χ1v) is 5.42. The van der Waals surface area contributed by atoms with E-state index in [9.17, 15) is 18.0 Å². The number of carbonyl (C=O) groups excluding carboxylic acids is 1. The molecule has 1 aromatic heterocycles. The van der Waals surface area contributed by atoms with E-state index < -0.39 is 29.0 Å². The average Bonchev–Trinajstić information content (AvgIpc) is 2.35. The van der Waals surface area contributed by atoms with E-state index in [2.05, 4.69) is 4.98 Å². The summed E-state index contributed by atoms with van der Waals surface area (Å²) in [5.41, 5.74) is -0.643. The molecule has 0 radical (unpaired) electrons. The monoisotopic (exact) mass is 286 g/mol. The van der Waals surface area contributed by atoms with Crippen LogP contribution in [0.1, 0.15) is 10.4 Å². The van der Waals surface area contributed by atoms with Crippen molar-refractivity contribution in [1.29, 1.82) is 0 Å². The number of aromatic nitrogens is 1. The number of hydrogen-bond acceptors (Lipinski definition) is 2. The minimum atomic E-state index is -1.40. The van der Waals surface area contributed by atoms with Crippen molar-refractivity contribution in [3.05, 3.63) is 58.6 Å². The van der Waals surface area contributed by atoms with E-state index in [0.29, 0.717) is 12.1 Å². The molecule has 0 spiro atoms. The van der Waals surface area contributed by atoms with Gasteiger partial charge in [-0.25, -0.2) is 13.2 Å². The molecule has 3 nitrogen and oxygen atoms in total. The van der Waals surface area contributed by atoms with Gasteiger partial charge in [0, 0.05) is 24.5 Å². The van der Waals surface area contributed by atoms with Crippen LogP contribution in [0.15, 0.2) is 30.6 Å². The lowest BCUT2D eigenvalue weighted by molar-refractivity contribution is 0.102. The summed E-state index contributed by atoms with van der Waals surface area (Å²) < 4.78 is 39.3.